The maximum absolute atomic E-state index is 13.0. The molecular weight excluding hydrogens is 275 g/mol. The van der Waals surface area contributed by atoms with Gasteiger partial charge in [-0.05, 0) is 24.6 Å². The Morgan fingerprint density at radius 2 is 2.19 bits per heavy atom. The fraction of sp³-hybridized carbons (Fsp3) is 0.357. The van der Waals surface area contributed by atoms with Crippen LogP contribution in [0.5, 0.6) is 0 Å². The summed E-state index contributed by atoms with van der Waals surface area (Å²) in [5.74, 6) is 0.238. The van der Waals surface area contributed by atoms with Crippen LogP contribution in [0.1, 0.15) is 28.1 Å². The first-order valence-corrected chi connectivity index (χ1v) is 6.69. The quantitative estimate of drug-likeness (QED) is 0.909. The number of aromatic amines is 1. The van der Waals surface area contributed by atoms with Crippen LogP contribution in [-0.4, -0.2) is 45.7 Å². The number of amides is 1. The van der Waals surface area contributed by atoms with Gasteiger partial charge < -0.3 is 9.64 Å². The Hall–Kier alpha value is -2.28. The van der Waals surface area contributed by atoms with Gasteiger partial charge in [0, 0.05) is 6.54 Å². The van der Waals surface area contributed by atoms with Gasteiger partial charge in [0.15, 0.2) is 0 Å². The van der Waals surface area contributed by atoms with Gasteiger partial charge in [0.2, 0.25) is 5.82 Å². The van der Waals surface area contributed by atoms with E-state index in [4.69, 9.17) is 4.74 Å². The van der Waals surface area contributed by atoms with Gasteiger partial charge >= 0.3 is 0 Å². The summed E-state index contributed by atoms with van der Waals surface area (Å²) in [6.45, 7) is 3.06. The van der Waals surface area contributed by atoms with E-state index in [1.807, 2.05) is 0 Å². The van der Waals surface area contributed by atoms with Gasteiger partial charge in [-0.3, -0.25) is 9.89 Å². The Morgan fingerprint density at radius 1 is 1.43 bits per heavy atom. The molecule has 1 N–H and O–H groups in total. The minimum Gasteiger partial charge on any atom is -0.370 e. The second-order valence-corrected chi connectivity index (χ2v) is 4.91. The first-order valence-electron chi connectivity index (χ1n) is 6.69. The fourth-order valence-corrected chi connectivity index (χ4v) is 2.29. The van der Waals surface area contributed by atoms with Gasteiger partial charge in [0.25, 0.3) is 5.91 Å². The Labute approximate surface area is 120 Å². The minimum absolute atomic E-state index is 0.159. The molecule has 2 aromatic rings. The van der Waals surface area contributed by atoms with Crippen LogP contribution in [0.4, 0.5) is 4.39 Å². The van der Waals surface area contributed by atoms with E-state index in [-0.39, 0.29) is 23.7 Å². The summed E-state index contributed by atoms with van der Waals surface area (Å²) in [6, 6.07) is 6.12. The summed E-state index contributed by atoms with van der Waals surface area (Å²) in [5.41, 5.74) is 0.847. The number of aryl methyl sites for hydroxylation is 1. The zero-order valence-electron chi connectivity index (χ0n) is 11.5. The van der Waals surface area contributed by atoms with E-state index >= 15 is 0 Å². The van der Waals surface area contributed by atoms with Gasteiger partial charge in [0.1, 0.15) is 17.7 Å². The molecule has 3 rings (SSSR count). The van der Waals surface area contributed by atoms with E-state index in [9.17, 15) is 9.18 Å². The summed E-state index contributed by atoms with van der Waals surface area (Å²) < 4.78 is 18.6. The fourth-order valence-electron chi connectivity index (χ4n) is 2.29. The first-order chi connectivity index (χ1) is 10.1. The molecule has 1 saturated heterocycles. The van der Waals surface area contributed by atoms with Crippen LogP contribution in [0, 0.1) is 12.7 Å². The number of H-pyrrole nitrogens is 1. The molecule has 110 valence electrons. The number of hydrogen-bond donors (Lipinski definition) is 1. The van der Waals surface area contributed by atoms with Crippen molar-refractivity contribution in [3.05, 3.63) is 47.3 Å². The van der Waals surface area contributed by atoms with Crippen LogP contribution >= 0.6 is 0 Å². The highest BCUT2D eigenvalue weighted by Crippen LogP contribution is 2.23. The Morgan fingerprint density at radius 3 is 2.86 bits per heavy atom. The molecule has 0 aliphatic carbocycles. The van der Waals surface area contributed by atoms with Crippen LogP contribution in [0.3, 0.4) is 0 Å². The highest BCUT2D eigenvalue weighted by molar-refractivity contribution is 5.90. The van der Waals surface area contributed by atoms with Crippen LogP contribution in [0.2, 0.25) is 0 Å². The molecule has 1 aliphatic rings. The first kappa shape index (κ1) is 13.7. The molecule has 2 heterocycles. The molecule has 1 aliphatic heterocycles. The summed E-state index contributed by atoms with van der Waals surface area (Å²) in [7, 11) is 0. The molecule has 7 heteroatoms. The minimum atomic E-state index is -0.293. The monoisotopic (exact) mass is 290 g/mol. The molecule has 6 nitrogen and oxygen atoms in total. The molecule has 1 atom stereocenters. The lowest BCUT2D eigenvalue weighted by Crippen LogP contribution is -2.42. The number of nitrogens with zero attached hydrogens (tertiary/aromatic N) is 3. The predicted molar refractivity (Wildman–Crippen MR) is 72.1 cm³/mol. The number of halogens is 1. The third-order valence-corrected chi connectivity index (χ3v) is 3.38. The lowest BCUT2D eigenvalue weighted by molar-refractivity contribution is -0.0232. The zero-order chi connectivity index (χ0) is 14.8. The highest BCUT2D eigenvalue weighted by Gasteiger charge is 2.28. The number of morpholine rings is 1. The van der Waals surface area contributed by atoms with Crippen molar-refractivity contribution in [2.75, 3.05) is 19.7 Å². The van der Waals surface area contributed by atoms with E-state index in [0.29, 0.717) is 25.5 Å². The standard InChI is InChI=1S/C14H15FN4O2/c1-9-16-13(18-17-9)14(20)19-6-7-21-12(8-19)10-2-4-11(15)5-3-10/h2-5,12H,6-8H2,1H3,(H,16,17,18). The number of carbonyl (C=O) groups excluding carboxylic acids is 1. The summed E-state index contributed by atoms with van der Waals surface area (Å²) >= 11 is 0. The molecule has 0 saturated carbocycles. The molecule has 1 aromatic carbocycles. The van der Waals surface area contributed by atoms with Crippen molar-refractivity contribution in [2.45, 2.75) is 13.0 Å². The van der Waals surface area contributed by atoms with Crippen molar-refractivity contribution in [3.8, 4) is 0 Å². The number of rotatable bonds is 2. The molecule has 1 amide bonds. The molecule has 1 unspecified atom stereocenters. The molecular formula is C14H15FN4O2. The average Bonchev–Trinajstić information content (AvgIpc) is 2.94. The van der Waals surface area contributed by atoms with E-state index in [1.54, 1.807) is 24.0 Å². The molecule has 0 spiro atoms. The molecule has 0 radical (unpaired) electrons. The summed E-state index contributed by atoms with van der Waals surface area (Å²) in [4.78, 5) is 18.0. The number of hydrogen-bond acceptors (Lipinski definition) is 4. The number of nitrogens with one attached hydrogen (secondary N) is 1. The van der Waals surface area contributed by atoms with Gasteiger partial charge in [-0.1, -0.05) is 12.1 Å². The molecule has 1 aromatic heterocycles. The van der Waals surface area contributed by atoms with Crippen molar-refractivity contribution in [1.82, 2.24) is 20.1 Å². The average molecular weight is 290 g/mol. The van der Waals surface area contributed by atoms with Crippen LogP contribution in [0.15, 0.2) is 24.3 Å². The maximum atomic E-state index is 13.0. The van der Waals surface area contributed by atoms with Crippen LogP contribution in [-0.2, 0) is 4.74 Å². The van der Waals surface area contributed by atoms with Crippen LogP contribution in [0.25, 0.3) is 0 Å². The van der Waals surface area contributed by atoms with Crippen molar-refractivity contribution < 1.29 is 13.9 Å². The number of carbonyl (C=O) groups is 1. The molecule has 21 heavy (non-hydrogen) atoms. The number of aromatic nitrogens is 3. The maximum Gasteiger partial charge on any atom is 0.293 e. The number of ether oxygens (including phenoxy) is 1. The third kappa shape index (κ3) is 2.92. The lowest BCUT2D eigenvalue weighted by atomic mass is 10.1. The van der Waals surface area contributed by atoms with Crippen LogP contribution < -0.4 is 0 Å². The normalized spacial score (nSPS) is 18.8. The van der Waals surface area contributed by atoms with E-state index < -0.39 is 0 Å². The van der Waals surface area contributed by atoms with Gasteiger partial charge in [-0.25, -0.2) is 9.37 Å². The second kappa shape index (κ2) is 5.61. The second-order valence-electron chi connectivity index (χ2n) is 4.91. The molecule has 1 fully saturated rings. The van der Waals surface area contributed by atoms with E-state index in [2.05, 4.69) is 15.2 Å². The zero-order valence-corrected chi connectivity index (χ0v) is 11.5. The van der Waals surface area contributed by atoms with Crippen molar-refractivity contribution in [2.24, 2.45) is 0 Å². The Kier molecular flexibility index (Phi) is 3.66. The van der Waals surface area contributed by atoms with Crippen molar-refractivity contribution in [3.63, 3.8) is 0 Å². The highest BCUT2D eigenvalue weighted by atomic mass is 19.1. The number of benzene rings is 1. The molecule has 0 bridgehead atoms. The van der Waals surface area contributed by atoms with Gasteiger partial charge in [-0.15, -0.1) is 5.10 Å². The SMILES string of the molecule is Cc1nc(C(=O)N2CCOC(c3ccc(F)cc3)C2)n[nH]1. The van der Waals surface area contributed by atoms with Crippen molar-refractivity contribution in [1.29, 1.82) is 0 Å². The Balaban J connectivity index is 1.73. The largest absolute Gasteiger partial charge is 0.370 e. The van der Waals surface area contributed by atoms with Crippen molar-refractivity contribution >= 4 is 5.91 Å². The summed E-state index contributed by atoms with van der Waals surface area (Å²) in [5, 5.41) is 6.54. The topological polar surface area (TPSA) is 71.1 Å². The third-order valence-electron chi connectivity index (χ3n) is 3.38. The van der Waals surface area contributed by atoms with E-state index in [0.717, 1.165) is 5.56 Å². The van der Waals surface area contributed by atoms with Gasteiger partial charge in [0.05, 0.1) is 13.2 Å². The van der Waals surface area contributed by atoms with E-state index in [1.165, 1.54) is 12.1 Å². The lowest BCUT2D eigenvalue weighted by Gasteiger charge is -2.32. The summed E-state index contributed by atoms with van der Waals surface area (Å²) in [6.07, 6.45) is -0.261. The Bertz CT molecular complexity index is 641. The van der Waals surface area contributed by atoms with Gasteiger partial charge in [-0.2, -0.15) is 0 Å². The smallest absolute Gasteiger partial charge is 0.293 e. The predicted octanol–water partition coefficient (Wildman–Crippen LogP) is 1.47.